The van der Waals surface area contributed by atoms with E-state index in [2.05, 4.69) is 10.6 Å². The fraction of sp³-hybridized carbons (Fsp3) is 0.333. The lowest BCUT2D eigenvalue weighted by molar-refractivity contribution is -0.115. The summed E-state index contributed by atoms with van der Waals surface area (Å²) in [7, 11) is 1.63. The number of anilines is 1. The molecule has 0 aliphatic carbocycles. The van der Waals surface area contributed by atoms with Gasteiger partial charge in [-0.3, -0.25) is 9.59 Å². The minimum absolute atomic E-state index is 0.0444. The summed E-state index contributed by atoms with van der Waals surface area (Å²) >= 11 is 0. The van der Waals surface area contributed by atoms with Crippen LogP contribution < -0.4 is 15.4 Å². The summed E-state index contributed by atoms with van der Waals surface area (Å²) in [6.45, 7) is 3.04. The van der Waals surface area contributed by atoms with Gasteiger partial charge in [-0.05, 0) is 35.9 Å². The van der Waals surface area contributed by atoms with Crippen molar-refractivity contribution in [2.24, 2.45) is 0 Å². The third-order valence-corrected chi connectivity index (χ3v) is 4.47. The zero-order valence-corrected chi connectivity index (χ0v) is 15.9. The van der Waals surface area contributed by atoms with Crippen LogP contribution >= 0.6 is 0 Å². The molecule has 0 bridgehead atoms. The van der Waals surface area contributed by atoms with Crippen molar-refractivity contribution in [3.05, 3.63) is 59.7 Å². The molecule has 3 rings (SSSR count). The zero-order valence-electron chi connectivity index (χ0n) is 15.9. The molecule has 1 aliphatic heterocycles. The third kappa shape index (κ3) is 5.55. The molecule has 0 saturated carbocycles. The molecule has 1 saturated heterocycles. The fourth-order valence-corrected chi connectivity index (χ4v) is 2.95. The summed E-state index contributed by atoms with van der Waals surface area (Å²) < 4.78 is 10.4. The van der Waals surface area contributed by atoms with Gasteiger partial charge < -0.3 is 25.0 Å². The van der Waals surface area contributed by atoms with Crippen LogP contribution in [0.2, 0.25) is 0 Å². The summed E-state index contributed by atoms with van der Waals surface area (Å²) in [5.41, 5.74) is 2.23. The number of carbonyl (C=O) groups excluding carboxylic acids is 2. The summed E-state index contributed by atoms with van der Waals surface area (Å²) in [6, 6.07) is 14.7. The Balaban J connectivity index is 1.48. The van der Waals surface area contributed by atoms with E-state index in [4.69, 9.17) is 9.47 Å². The van der Waals surface area contributed by atoms with Gasteiger partial charge in [-0.2, -0.15) is 0 Å². The number of nitrogens with one attached hydrogen (secondary N) is 2. The van der Waals surface area contributed by atoms with Crippen molar-refractivity contribution in [1.29, 1.82) is 0 Å². The second kappa shape index (κ2) is 9.87. The molecule has 148 valence electrons. The fourth-order valence-electron chi connectivity index (χ4n) is 2.95. The first-order valence-electron chi connectivity index (χ1n) is 9.26. The molecule has 2 amide bonds. The van der Waals surface area contributed by atoms with Crippen LogP contribution in [0.15, 0.2) is 48.5 Å². The molecule has 1 fully saturated rings. The molecule has 0 aromatic heterocycles. The largest absolute Gasteiger partial charge is 0.497 e. The maximum atomic E-state index is 12.5. The lowest BCUT2D eigenvalue weighted by Gasteiger charge is -2.27. The second-order valence-corrected chi connectivity index (χ2v) is 6.49. The summed E-state index contributed by atoms with van der Waals surface area (Å²) in [6.07, 6.45) is 0. The van der Waals surface area contributed by atoms with Gasteiger partial charge in [0.15, 0.2) is 0 Å². The number of benzene rings is 2. The number of morpholine rings is 1. The number of rotatable bonds is 7. The van der Waals surface area contributed by atoms with E-state index in [0.717, 1.165) is 11.3 Å². The number of ether oxygens (including phenoxy) is 2. The van der Waals surface area contributed by atoms with Gasteiger partial charge in [0.25, 0.3) is 5.91 Å². The minimum atomic E-state index is -0.163. The Bertz CT molecular complexity index is 802. The number of hydrogen-bond acceptors (Lipinski definition) is 5. The van der Waals surface area contributed by atoms with Crippen molar-refractivity contribution in [3.8, 4) is 5.75 Å². The van der Waals surface area contributed by atoms with Gasteiger partial charge >= 0.3 is 0 Å². The molecule has 0 unspecified atom stereocenters. The molecular formula is C21H25N3O4. The van der Waals surface area contributed by atoms with Gasteiger partial charge in [-0.1, -0.05) is 18.2 Å². The molecule has 28 heavy (non-hydrogen) atoms. The van der Waals surface area contributed by atoms with E-state index in [1.807, 2.05) is 24.3 Å². The third-order valence-electron chi connectivity index (χ3n) is 4.47. The Hall–Kier alpha value is -2.90. The van der Waals surface area contributed by atoms with Crippen LogP contribution in [0.4, 0.5) is 5.69 Å². The van der Waals surface area contributed by atoms with Crippen LogP contribution in [0.5, 0.6) is 5.75 Å². The molecule has 1 heterocycles. The van der Waals surface area contributed by atoms with Crippen LogP contribution in [0.1, 0.15) is 15.9 Å². The van der Waals surface area contributed by atoms with Crippen molar-refractivity contribution in [2.75, 3.05) is 45.3 Å². The van der Waals surface area contributed by atoms with Gasteiger partial charge in [-0.15, -0.1) is 0 Å². The highest BCUT2D eigenvalue weighted by Gasteiger charge is 2.18. The number of hydrogen-bond donors (Lipinski definition) is 2. The van der Waals surface area contributed by atoms with Crippen molar-refractivity contribution in [2.45, 2.75) is 6.54 Å². The molecular weight excluding hydrogens is 358 g/mol. The SMILES string of the molecule is COc1ccc(CNCC(=O)Nc2cccc(C(=O)N3CCOCC3)c2)cc1. The van der Waals surface area contributed by atoms with Crippen LogP contribution in [0.3, 0.4) is 0 Å². The molecule has 2 N–H and O–H groups in total. The highest BCUT2D eigenvalue weighted by atomic mass is 16.5. The predicted molar refractivity (Wildman–Crippen MR) is 106 cm³/mol. The topological polar surface area (TPSA) is 79.9 Å². The van der Waals surface area contributed by atoms with Gasteiger partial charge in [0.1, 0.15) is 5.75 Å². The van der Waals surface area contributed by atoms with E-state index in [9.17, 15) is 9.59 Å². The average Bonchev–Trinajstić information content (AvgIpc) is 2.74. The summed E-state index contributed by atoms with van der Waals surface area (Å²) in [4.78, 5) is 26.5. The normalized spacial score (nSPS) is 13.8. The molecule has 7 heteroatoms. The molecule has 2 aromatic carbocycles. The highest BCUT2D eigenvalue weighted by molar-refractivity contribution is 5.97. The number of carbonyl (C=O) groups is 2. The van der Waals surface area contributed by atoms with E-state index in [1.54, 1.807) is 36.3 Å². The highest BCUT2D eigenvalue weighted by Crippen LogP contribution is 2.14. The Morgan fingerprint density at radius 2 is 1.86 bits per heavy atom. The lowest BCUT2D eigenvalue weighted by Crippen LogP contribution is -2.40. The van der Waals surface area contributed by atoms with E-state index in [1.165, 1.54) is 0 Å². The van der Waals surface area contributed by atoms with Gasteiger partial charge in [0.05, 0.1) is 26.9 Å². The number of amides is 2. The Kier molecular flexibility index (Phi) is 7.00. The molecule has 0 spiro atoms. The van der Waals surface area contributed by atoms with E-state index >= 15 is 0 Å². The average molecular weight is 383 g/mol. The van der Waals surface area contributed by atoms with Crippen LogP contribution in [0, 0.1) is 0 Å². The van der Waals surface area contributed by atoms with Crippen molar-refractivity contribution < 1.29 is 19.1 Å². The van der Waals surface area contributed by atoms with Gasteiger partial charge in [0, 0.05) is 30.9 Å². The smallest absolute Gasteiger partial charge is 0.254 e. The quantitative estimate of drug-likeness (QED) is 0.763. The molecule has 2 aromatic rings. The van der Waals surface area contributed by atoms with Crippen LogP contribution in [0.25, 0.3) is 0 Å². The standard InChI is InChI=1S/C21H25N3O4/c1-27-19-7-5-16(6-8-19)14-22-15-20(25)23-18-4-2-3-17(13-18)21(26)24-9-11-28-12-10-24/h2-8,13,22H,9-12,14-15H2,1H3,(H,23,25). The number of methoxy groups -OCH3 is 1. The van der Waals surface area contributed by atoms with Crippen molar-refractivity contribution in [3.63, 3.8) is 0 Å². The Morgan fingerprint density at radius 1 is 1.11 bits per heavy atom. The van der Waals surface area contributed by atoms with Gasteiger partial charge in [-0.25, -0.2) is 0 Å². The summed E-state index contributed by atoms with van der Waals surface area (Å²) in [5, 5.41) is 5.93. The summed E-state index contributed by atoms with van der Waals surface area (Å²) in [5.74, 6) is 0.592. The molecule has 0 atom stereocenters. The monoisotopic (exact) mass is 383 g/mol. The van der Waals surface area contributed by atoms with E-state index in [-0.39, 0.29) is 18.4 Å². The maximum Gasteiger partial charge on any atom is 0.254 e. The van der Waals surface area contributed by atoms with Crippen molar-refractivity contribution >= 4 is 17.5 Å². The lowest BCUT2D eigenvalue weighted by atomic mass is 10.1. The maximum absolute atomic E-state index is 12.5. The first-order chi connectivity index (χ1) is 13.7. The van der Waals surface area contributed by atoms with Crippen LogP contribution in [-0.4, -0.2) is 56.7 Å². The van der Waals surface area contributed by atoms with Crippen LogP contribution in [-0.2, 0) is 16.1 Å². The Morgan fingerprint density at radius 3 is 2.57 bits per heavy atom. The van der Waals surface area contributed by atoms with Crippen molar-refractivity contribution in [1.82, 2.24) is 10.2 Å². The minimum Gasteiger partial charge on any atom is -0.497 e. The van der Waals surface area contributed by atoms with E-state index < -0.39 is 0 Å². The van der Waals surface area contributed by atoms with Gasteiger partial charge in [0.2, 0.25) is 5.91 Å². The molecule has 1 aliphatic rings. The number of nitrogens with zero attached hydrogens (tertiary/aromatic N) is 1. The Labute approximate surface area is 164 Å². The zero-order chi connectivity index (χ0) is 19.8. The second-order valence-electron chi connectivity index (χ2n) is 6.49. The molecule has 0 radical (unpaired) electrons. The first kappa shape index (κ1) is 19.9. The van der Waals surface area contributed by atoms with E-state index in [0.29, 0.717) is 44.1 Å². The molecule has 7 nitrogen and oxygen atoms in total. The first-order valence-corrected chi connectivity index (χ1v) is 9.26. The predicted octanol–water partition coefficient (Wildman–Crippen LogP) is 1.90.